The molecule has 3 saturated heterocycles. The van der Waals surface area contributed by atoms with Gasteiger partial charge in [0.2, 0.25) is 0 Å². The van der Waals surface area contributed by atoms with Crippen molar-refractivity contribution < 1.29 is 9.53 Å². The molecule has 144 valence electrons. The summed E-state index contributed by atoms with van der Waals surface area (Å²) in [5.41, 5.74) is 1.19. The number of hydrogen-bond donors (Lipinski definition) is 2. The average Bonchev–Trinajstić information content (AvgIpc) is 2.63. The molecule has 0 radical (unpaired) electrons. The van der Waals surface area contributed by atoms with Crippen LogP contribution in [0, 0.1) is 5.92 Å². The summed E-state index contributed by atoms with van der Waals surface area (Å²) in [6.07, 6.45) is 2.28. The van der Waals surface area contributed by atoms with E-state index in [-0.39, 0.29) is 11.9 Å². The Labute approximate surface area is 160 Å². The largest absolute Gasteiger partial charge is 0.494 e. The van der Waals surface area contributed by atoms with Gasteiger partial charge in [0, 0.05) is 30.7 Å². The summed E-state index contributed by atoms with van der Waals surface area (Å²) < 4.78 is 5.49. The fourth-order valence-corrected chi connectivity index (χ4v) is 4.58. The van der Waals surface area contributed by atoms with Crippen LogP contribution in [0.4, 0.5) is 5.69 Å². The van der Waals surface area contributed by atoms with Crippen LogP contribution >= 0.6 is 11.6 Å². The normalized spacial score (nSPS) is 27.5. The van der Waals surface area contributed by atoms with Gasteiger partial charge in [0.15, 0.2) is 5.75 Å². The molecule has 3 fully saturated rings. The zero-order chi connectivity index (χ0) is 18.8. The molecule has 0 spiro atoms. The molecule has 1 aromatic rings. The molecule has 3 aliphatic heterocycles. The van der Waals surface area contributed by atoms with Gasteiger partial charge in [-0.2, -0.15) is 0 Å². The van der Waals surface area contributed by atoms with E-state index in [4.69, 9.17) is 16.3 Å². The third-order valence-electron chi connectivity index (χ3n) is 5.59. The highest BCUT2D eigenvalue weighted by molar-refractivity contribution is 6.31. The van der Waals surface area contributed by atoms with Crippen LogP contribution in [-0.2, 0) is 0 Å². The van der Waals surface area contributed by atoms with Gasteiger partial charge in [0.05, 0.1) is 18.4 Å². The molecule has 26 heavy (non-hydrogen) atoms. The lowest BCUT2D eigenvalue weighted by atomic mass is 9.78. The van der Waals surface area contributed by atoms with E-state index in [2.05, 4.69) is 34.5 Å². The molecule has 6 nitrogen and oxygen atoms in total. The number of methoxy groups -OCH3 is 1. The van der Waals surface area contributed by atoms with E-state index >= 15 is 0 Å². The molecule has 1 aromatic carbocycles. The Hall–Kier alpha value is -1.50. The number of piperidine rings is 3. The number of halogens is 1. The number of amides is 1. The summed E-state index contributed by atoms with van der Waals surface area (Å²) in [6.45, 7) is 3.19. The Balaban J connectivity index is 1.85. The summed E-state index contributed by atoms with van der Waals surface area (Å²) in [6, 6.07) is 3.93. The quantitative estimate of drug-likeness (QED) is 0.792. The third-order valence-corrected chi connectivity index (χ3v) is 5.81. The second-order valence-corrected chi connectivity index (χ2v) is 7.92. The molecule has 7 heteroatoms. The first kappa shape index (κ1) is 19.3. The van der Waals surface area contributed by atoms with E-state index in [1.165, 1.54) is 0 Å². The molecule has 0 aliphatic carbocycles. The van der Waals surface area contributed by atoms with Gasteiger partial charge in [-0.05, 0) is 58.1 Å². The van der Waals surface area contributed by atoms with Gasteiger partial charge in [-0.25, -0.2) is 0 Å². The average molecular weight is 381 g/mol. The second kappa shape index (κ2) is 8.03. The van der Waals surface area contributed by atoms with Gasteiger partial charge in [-0.15, -0.1) is 0 Å². The van der Waals surface area contributed by atoms with Gasteiger partial charge in [-0.3, -0.25) is 9.69 Å². The number of likely N-dealkylation sites (N-methyl/N-ethyl adjacent to an activating group) is 1. The van der Waals surface area contributed by atoms with Crippen LogP contribution in [0.2, 0.25) is 5.02 Å². The Morgan fingerprint density at radius 3 is 2.62 bits per heavy atom. The van der Waals surface area contributed by atoms with E-state index in [0.29, 0.717) is 34.0 Å². The monoisotopic (exact) mass is 380 g/mol. The summed E-state index contributed by atoms with van der Waals surface area (Å²) in [5.74, 6) is 0.936. The Morgan fingerprint density at radius 1 is 1.35 bits per heavy atom. The first-order chi connectivity index (χ1) is 12.4. The van der Waals surface area contributed by atoms with Crippen molar-refractivity contribution in [3.05, 3.63) is 22.7 Å². The van der Waals surface area contributed by atoms with Gasteiger partial charge >= 0.3 is 0 Å². The topological polar surface area (TPSA) is 56.8 Å². The van der Waals surface area contributed by atoms with Crippen LogP contribution in [0.5, 0.6) is 5.75 Å². The lowest BCUT2D eigenvalue weighted by Gasteiger charge is -2.51. The maximum atomic E-state index is 13.1. The van der Waals surface area contributed by atoms with Gasteiger partial charge in [0.1, 0.15) is 0 Å². The van der Waals surface area contributed by atoms with Crippen molar-refractivity contribution in [1.29, 1.82) is 0 Å². The second-order valence-electron chi connectivity index (χ2n) is 7.49. The number of benzene rings is 1. The first-order valence-electron chi connectivity index (χ1n) is 9.19. The number of fused-ring (bicyclic) bond motifs is 3. The molecule has 2 atom stereocenters. The van der Waals surface area contributed by atoms with Crippen LogP contribution in [0.15, 0.2) is 12.1 Å². The van der Waals surface area contributed by atoms with E-state index in [9.17, 15) is 4.79 Å². The molecular formula is C19H29ClN4O2. The van der Waals surface area contributed by atoms with Crippen LogP contribution < -0.4 is 15.4 Å². The van der Waals surface area contributed by atoms with Crippen LogP contribution in [0.25, 0.3) is 0 Å². The van der Waals surface area contributed by atoms with Crippen molar-refractivity contribution in [3.63, 3.8) is 0 Å². The van der Waals surface area contributed by atoms with Crippen molar-refractivity contribution in [2.75, 3.05) is 53.2 Å². The molecule has 2 N–H and O–H groups in total. The van der Waals surface area contributed by atoms with Crippen molar-refractivity contribution >= 4 is 23.2 Å². The number of nitrogens with zero attached hydrogens (tertiary/aromatic N) is 2. The SMILES string of the molecule is CNc1cc(Cl)cc(C(=O)NC2C3CCN(CC3)C2CN(C)C)c1OC. The number of carbonyl (C=O) groups is 1. The molecule has 2 bridgehead atoms. The smallest absolute Gasteiger partial charge is 0.255 e. The lowest BCUT2D eigenvalue weighted by molar-refractivity contribution is 0.00301. The fourth-order valence-electron chi connectivity index (χ4n) is 4.37. The van der Waals surface area contributed by atoms with Crippen LogP contribution in [0.3, 0.4) is 0 Å². The molecular weight excluding hydrogens is 352 g/mol. The van der Waals surface area contributed by atoms with Crippen molar-refractivity contribution in [2.24, 2.45) is 5.92 Å². The minimum Gasteiger partial charge on any atom is -0.494 e. The van der Waals surface area contributed by atoms with Crippen molar-refractivity contribution in [2.45, 2.75) is 24.9 Å². The summed E-state index contributed by atoms with van der Waals surface area (Å²) in [7, 11) is 7.53. The summed E-state index contributed by atoms with van der Waals surface area (Å²) >= 11 is 6.21. The van der Waals surface area contributed by atoms with Gasteiger partial charge < -0.3 is 20.3 Å². The zero-order valence-corrected chi connectivity index (χ0v) is 16.8. The van der Waals surface area contributed by atoms with E-state index < -0.39 is 0 Å². The number of nitrogens with one attached hydrogen (secondary N) is 2. The molecule has 0 aromatic heterocycles. The first-order valence-corrected chi connectivity index (χ1v) is 9.57. The highest BCUT2D eigenvalue weighted by Crippen LogP contribution is 2.35. The number of ether oxygens (including phenoxy) is 1. The Kier molecular flexibility index (Phi) is 5.95. The number of anilines is 1. The lowest BCUT2D eigenvalue weighted by Crippen LogP contribution is -2.65. The fraction of sp³-hybridized carbons (Fsp3) is 0.632. The molecule has 1 amide bonds. The molecule has 2 unspecified atom stereocenters. The Morgan fingerprint density at radius 2 is 2.04 bits per heavy atom. The highest BCUT2D eigenvalue weighted by Gasteiger charge is 2.43. The predicted molar refractivity (Wildman–Crippen MR) is 105 cm³/mol. The minimum atomic E-state index is -0.122. The number of carbonyl (C=O) groups excluding carboxylic acids is 1. The maximum Gasteiger partial charge on any atom is 0.255 e. The van der Waals surface area contributed by atoms with Crippen molar-refractivity contribution in [1.82, 2.24) is 15.1 Å². The molecule has 4 rings (SSSR count). The van der Waals surface area contributed by atoms with Crippen LogP contribution in [0.1, 0.15) is 23.2 Å². The van der Waals surface area contributed by atoms with E-state index in [0.717, 1.165) is 32.5 Å². The summed E-state index contributed by atoms with van der Waals surface area (Å²) in [4.78, 5) is 17.8. The Bertz CT molecular complexity index is 659. The molecule has 3 heterocycles. The van der Waals surface area contributed by atoms with E-state index in [1.54, 1.807) is 26.3 Å². The van der Waals surface area contributed by atoms with E-state index in [1.807, 2.05) is 0 Å². The third kappa shape index (κ3) is 3.77. The van der Waals surface area contributed by atoms with Crippen LogP contribution in [-0.4, -0.2) is 75.7 Å². The van der Waals surface area contributed by atoms with Gasteiger partial charge in [-0.1, -0.05) is 11.6 Å². The predicted octanol–water partition coefficient (Wildman–Crippen LogP) is 2.14. The minimum absolute atomic E-state index is 0.122. The van der Waals surface area contributed by atoms with Gasteiger partial charge in [0.25, 0.3) is 5.91 Å². The standard InChI is InChI=1S/C19H29ClN4O2/c1-21-15-10-13(20)9-14(18(15)26-4)19(25)22-17-12-5-7-24(8-6-12)16(17)11-23(2)3/h9-10,12,16-17,21H,5-8,11H2,1-4H3,(H,22,25). The zero-order valence-electron chi connectivity index (χ0n) is 16.0. The highest BCUT2D eigenvalue weighted by atomic mass is 35.5. The maximum absolute atomic E-state index is 13.1. The molecule has 3 aliphatic rings. The summed E-state index contributed by atoms with van der Waals surface area (Å²) in [5, 5.41) is 6.86. The number of hydrogen-bond acceptors (Lipinski definition) is 5. The van der Waals surface area contributed by atoms with Crippen molar-refractivity contribution in [3.8, 4) is 5.75 Å². The number of rotatable bonds is 6. The molecule has 0 saturated carbocycles.